The molecule has 14 aromatic rings. The molecular formula is C87H68BN3OS. The van der Waals surface area contributed by atoms with Crippen molar-refractivity contribution in [1.82, 2.24) is 0 Å². The Balaban J connectivity index is 1.04. The molecule has 3 heterocycles. The van der Waals surface area contributed by atoms with Crippen LogP contribution >= 0.6 is 11.3 Å². The molecule has 0 saturated heterocycles. The monoisotopic (exact) mass is 1220 g/mol. The predicted molar refractivity (Wildman–Crippen MR) is 396 cm³/mol. The summed E-state index contributed by atoms with van der Waals surface area (Å²) < 4.78 is 103. The molecule has 0 saturated carbocycles. The summed E-state index contributed by atoms with van der Waals surface area (Å²) in [5, 5.41) is 1.69. The lowest BCUT2D eigenvalue weighted by molar-refractivity contribution is 0.487. The molecule has 2 aliphatic heterocycles. The van der Waals surface area contributed by atoms with E-state index in [9.17, 15) is 5.48 Å². The van der Waals surface area contributed by atoms with Crippen molar-refractivity contribution in [3.8, 4) is 44.9 Å². The minimum atomic E-state index is -0.611. The molecular weight excluding hydrogens is 1150 g/mol. The van der Waals surface area contributed by atoms with Crippen molar-refractivity contribution < 1.29 is 18.4 Å². The van der Waals surface area contributed by atoms with Crippen molar-refractivity contribution >= 4 is 106 Å². The summed E-state index contributed by atoms with van der Waals surface area (Å²) in [6.45, 7) is 12.9. The van der Waals surface area contributed by atoms with E-state index in [4.69, 9.17) is 13.0 Å². The van der Waals surface area contributed by atoms with Crippen LogP contribution in [0.25, 0.3) is 53.6 Å². The molecule has 1 aliphatic carbocycles. The van der Waals surface area contributed by atoms with Crippen LogP contribution in [0.15, 0.2) is 297 Å². The average Bonchev–Trinajstić information content (AvgIpc) is 1.65. The molecule has 0 spiro atoms. The Bertz CT molecular complexity index is 5680. The second-order valence-corrected chi connectivity index (χ2v) is 27.5. The van der Waals surface area contributed by atoms with Gasteiger partial charge in [0.15, 0.2) is 0 Å². The summed E-state index contributed by atoms with van der Waals surface area (Å²) in [5.41, 5.74) is 18.8. The Morgan fingerprint density at radius 2 is 0.968 bits per heavy atom. The molecule has 0 unspecified atom stereocenters. The van der Waals surface area contributed by atoms with Crippen LogP contribution in [-0.4, -0.2) is 6.71 Å². The van der Waals surface area contributed by atoms with Gasteiger partial charge in [-0.25, -0.2) is 0 Å². The number of thiophene rings is 1. The van der Waals surface area contributed by atoms with Crippen molar-refractivity contribution in [2.24, 2.45) is 0 Å². The summed E-state index contributed by atoms with van der Waals surface area (Å²) in [5.74, 6) is 0.783. The zero-order valence-corrected chi connectivity index (χ0v) is 53.1. The molecule has 0 fully saturated rings. The highest BCUT2D eigenvalue weighted by molar-refractivity contribution is 7.28. The zero-order valence-electron chi connectivity index (χ0n) is 62.3. The van der Waals surface area contributed by atoms with Crippen molar-refractivity contribution in [3.63, 3.8) is 0 Å². The van der Waals surface area contributed by atoms with Crippen LogP contribution in [0.3, 0.4) is 0 Å². The van der Waals surface area contributed by atoms with Gasteiger partial charge in [0.2, 0.25) is 0 Å². The van der Waals surface area contributed by atoms with E-state index in [0.29, 0.717) is 34.2 Å². The molecule has 1 aromatic heterocycles. The molecule has 6 heteroatoms. The Morgan fingerprint density at radius 1 is 0.441 bits per heavy atom. The SMILES string of the molecule is [2H]c1c([2H])c([2H])c(N(c2ccccc2)c2ccc3c(c2)N(c2c(-c4ccccc4)cccc2-c2ccccc2)c2cc(C4c5ccc(C(C)(C)C)cc5-c5cc(C(C)(C)C)ccc54)cc4c2B3c2c(cc(N(c3ccccc3)c3c([2H])c([2H])c([2H])c([2H])c3[2H])c3c2sc2ccccc23)O4)c([2H])c1[2H]. The Morgan fingerprint density at radius 3 is 1.55 bits per heavy atom. The van der Waals surface area contributed by atoms with Gasteiger partial charge in [0.25, 0.3) is 6.71 Å². The zero-order chi connectivity index (χ0) is 71.4. The van der Waals surface area contributed by atoms with Gasteiger partial charge in [0, 0.05) is 83.1 Å². The summed E-state index contributed by atoms with van der Waals surface area (Å²) in [4.78, 5) is 5.99. The lowest BCUT2D eigenvalue weighted by Gasteiger charge is -2.43. The molecule has 0 atom stereocenters. The van der Waals surface area contributed by atoms with Gasteiger partial charge in [-0.15, -0.1) is 11.3 Å². The molecule has 0 amide bonds. The minimum absolute atomic E-state index is 0.0139. The number of para-hydroxylation sites is 5. The van der Waals surface area contributed by atoms with Gasteiger partial charge in [-0.2, -0.15) is 0 Å². The van der Waals surface area contributed by atoms with Gasteiger partial charge in [-0.05, 0) is 156 Å². The maximum atomic E-state index is 9.69. The molecule has 446 valence electrons. The average molecular weight is 1220 g/mol. The van der Waals surface area contributed by atoms with Crippen LogP contribution in [0.5, 0.6) is 11.5 Å². The number of hydrogen-bond acceptors (Lipinski definition) is 5. The first-order valence-electron chi connectivity index (χ1n) is 36.7. The van der Waals surface area contributed by atoms with Crippen LogP contribution in [0.1, 0.15) is 89.0 Å². The third-order valence-corrected chi connectivity index (χ3v) is 20.0. The second-order valence-electron chi connectivity index (χ2n) is 26.4. The normalized spacial score (nSPS) is 14.6. The number of fused-ring (bicyclic) bond motifs is 11. The lowest BCUT2D eigenvalue weighted by atomic mass is 9.34. The Kier molecular flexibility index (Phi) is 11.0. The van der Waals surface area contributed by atoms with Gasteiger partial charge in [-0.1, -0.05) is 254 Å². The van der Waals surface area contributed by atoms with Gasteiger partial charge >= 0.3 is 0 Å². The second kappa shape index (κ2) is 22.0. The van der Waals surface area contributed by atoms with Crippen molar-refractivity contribution in [1.29, 1.82) is 0 Å². The molecule has 0 radical (unpaired) electrons. The van der Waals surface area contributed by atoms with E-state index in [1.165, 1.54) is 22.3 Å². The number of hydrogen-bond donors (Lipinski definition) is 0. The van der Waals surface area contributed by atoms with Gasteiger partial charge in [0.05, 0.1) is 25.1 Å². The smallest absolute Gasteiger partial charge is 0.258 e. The van der Waals surface area contributed by atoms with E-state index >= 15 is 0 Å². The molecule has 17 rings (SSSR count). The number of benzene rings is 13. The van der Waals surface area contributed by atoms with Crippen molar-refractivity contribution in [2.45, 2.75) is 58.3 Å². The highest BCUT2D eigenvalue weighted by Gasteiger charge is 2.47. The van der Waals surface area contributed by atoms with Crippen LogP contribution < -0.4 is 35.8 Å². The van der Waals surface area contributed by atoms with Crippen LogP contribution in [-0.2, 0) is 10.8 Å². The number of nitrogens with zero attached hydrogens (tertiary/aromatic N) is 3. The summed E-state index contributed by atoms with van der Waals surface area (Å²) in [7, 11) is 0. The largest absolute Gasteiger partial charge is 0.458 e. The Labute approximate surface area is 564 Å². The Hall–Kier alpha value is -10.7. The first-order valence-corrected chi connectivity index (χ1v) is 32.5. The highest BCUT2D eigenvalue weighted by atomic mass is 32.1. The van der Waals surface area contributed by atoms with Crippen LogP contribution in [0.4, 0.5) is 51.2 Å². The quantitative estimate of drug-likeness (QED) is 0.127. The molecule has 0 N–H and O–H groups in total. The fraction of sp³-hybridized carbons (Fsp3) is 0.103. The van der Waals surface area contributed by atoms with E-state index in [1.807, 2.05) is 97.1 Å². The van der Waals surface area contributed by atoms with Crippen LogP contribution in [0.2, 0.25) is 0 Å². The molecule has 4 nitrogen and oxygen atoms in total. The lowest BCUT2D eigenvalue weighted by Crippen LogP contribution is -2.59. The van der Waals surface area contributed by atoms with E-state index in [2.05, 4.69) is 186 Å². The van der Waals surface area contributed by atoms with Gasteiger partial charge in [0.1, 0.15) is 11.5 Å². The number of rotatable bonds is 10. The summed E-state index contributed by atoms with van der Waals surface area (Å²) in [6.07, 6.45) is 0. The first-order chi connectivity index (χ1) is 49.6. The van der Waals surface area contributed by atoms with E-state index < -0.39 is 43.0 Å². The topological polar surface area (TPSA) is 19.0 Å². The van der Waals surface area contributed by atoms with Crippen LogP contribution in [0, 0.1) is 0 Å². The third kappa shape index (κ3) is 9.41. The fourth-order valence-electron chi connectivity index (χ4n) is 14.5. The highest BCUT2D eigenvalue weighted by Crippen LogP contribution is 2.56. The van der Waals surface area contributed by atoms with E-state index in [0.717, 1.165) is 92.6 Å². The maximum Gasteiger partial charge on any atom is 0.258 e. The number of anilines is 9. The van der Waals surface area contributed by atoms with Gasteiger partial charge < -0.3 is 19.4 Å². The van der Waals surface area contributed by atoms with E-state index in [-0.39, 0.29) is 52.3 Å². The van der Waals surface area contributed by atoms with Crippen molar-refractivity contribution in [2.75, 3.05) is 14.7 Å². The predicted octanol–water partition coefficient (Wildman–Crippen LogP) is 22.5. The standard InChI is InChI=1S/C87H68BN3OS/c1-86(2,3)59-44-47-68-71(52-59)72-53-60(87(4,5)6)45-48-69(72)80(68)58-50-76-82-77(51-58)92-78-55-75(90(63-36-21-11-22-37-63)64-38-23-12-24-39-64)81-70-40-25-26-43-79(70)93-85(81)83(78)88(82)73-49-46-65(89(61-32-17-9-18-33-61)62-34-19-10-20-35-62)54-74(73)91(76)84-66(56-28-13-7-14-29-56)41-27-42-67(84)57-30-15-8-16-31-57/h7-55,80H,1-6H3/i9D,11D,17D,18D,21D,22D,32D,33D,36D,37D. The van der Waals surface area contributed by atoms with Gasteiger partial charge in [-0.3, -0.25) is 0 Å². The van der Waals surface area contributed by atoms with Crippen molar-refractivity contribution in [3.05, 3.63) is 325 Å². The molecule has 3 aliphatic rings. The minimum Gasteiger partial charge on any atom is -0.458 e. The maximum absolute atomic E-state index is 9.69. The molecule has 0 bridgehead atoms. The summed E-state index contributed by atoms with van der Waals surface area (Å²) >= 11 is 1.61. The first kappa shape index (κ1) is 46.4. The summed E-state index contributed by atoms with van der Waals surface area (Å²) in [6, 6.07) is 77.0. The number of ether oxygens (including phenoxy) is 1. The fourth-order valence-corrected chi connectivity index (χ4v) is 15.8. The molecule has 13 aromatic carbocycles. The molecule has 93 heavy (non-hydrogen) atoms. The third-order valence-electron chi connectivity index (χ3n) is 18.8. The van der Waals surface area contributed by atoms with E-state index in [1.54, 1.807) is 21.1 Å².